The largest absolute Gasteiger partial charge is 0.458 e. The fraction of sp³-hybridized carbons (Fsp3) is 0.145. The standard InChI is InChI=1S/C83H73N5OSi/c1-81(2,3)61-30-24-28-59(48-61)72-51-63(83(7,8)9)52-73(60-29-25-37-69(49-60)90(66-31-16-11-17-32-66,67-33-18-12-19-34-67)68-35-20-13-21-36-68)80(72)87-56-86(77-50-58(40-43-75(77)87)57-26-14-10-15-27-57)78-55-65(45-47-84-78)89-64-41-42-71-70-38-22-23-39-74(70)88(76(71)54-64)79-53-62(44-46-85-79)82(4,5)6/h10-55H,1-9H3/i10D,14D,15D,26D,27D. The number of fused-ring (bicyclic) bond motifs is 4. The topological polar surface area (TPSA) is 48.8 Å². The summed E-state index contributed by atoms with van der Waals surface area (Å²) in [7, 11) is -3.05. The van der Waals surface area contributed by atoms with E-state index in [2.05, 4.69) is 278 Å². The molecule has 10 aromatic carbocycles. The maximum atomic E-state index is 9.23. The molecule has 90 heavy (non-hydrogen) atoms. The number of para-hydroxylation sites is 1. The van der Waals surface area contributed by atoms with Crippen LogP contribution in [-0.2, 0) is 16.2 Å². The van der Waals surface area contributed by atoms with E-state index in [0.717, 1.165) is 66.6 Å². The second kappa shape index (κ2) is 22.7. The fourth-order valence-electron chi connectivity index (χ4n) is 12.9. The Balaban J connectivity index is 1.03. The van der Waals surface area contributed by atoms with Crippen molar-refractivity contribution in [2.24, 2.45) is 0 Å². The van der Waals surface area contributed by atoms with E-state index in [9.17, 15) is 2.74 Å². The quantitative estimate of drug-likeness (QED) is 0.0530. The molecule has 0 fully saturated rings. The van der Waals surface area contributed by atoms with E-state index in [1.54, 1.807) is 6.20 Å². The molecule has 7 heteroatoms. The second-order valence-corrected chi connectivity index (χ2v) is 30.3. The average molecular weight is 1190 g/mol. The Morgan fingerprint density at radius 2 is 0.967 bits per heavy atom. The summed E-state index contributed by atoms with van der Waals surface area (Å²) in [5.74, 6) is 2.41. The number of imidazole rings is 1. The number of hydrogen-bond donors (Lipinski definition) is 0. The molecule has 14 rings (SSSR count). The maximum absolute atomic E-state index is 9.23. The molecule has 14 aromatic rings. The molecule has 0 unspecified atom stereocenters. The van der Waals surface area contributed by atoms with Gasteiger partial charge in [-0.25, -0.2) is 4.98 Å². The Kier molecular flexibility index (Phi) is 13.1. The van der Waals surface area contributed by atoms with Crippen molar-refractivity contribution in [1.82, 2.24) is 19.1 Å². The zero-order chi connectivity index (χ0) is 66.3. The first kappa shape index (κ1) is 51.8. The molecule has 4 heterocycles. The lowest BCUT2D eigenvalue weighted by Gasteiger charge is -2.35. The highest BCUT2D eigenvalue weighted by atomic mass is 28.3. The Morgan fingerprint density at radius 1 is 0.411 bits per heavy atom. The minimum atomic E-state index is -3.05. The van der Waals surface area contributed by atoms with Crippen molar-refractivity contribution in [3.63, 3.8) is 0 Å². The van der Waals surface area contributed by atoms with Crippen molar-refractivity contribution < 1.29 is 16.2 Å². The van der Waals surface area contributed by atoms with E-state index in [-0.39, 0.29) is 33.9 Å². The van der Waals surface area contributed by atoms with Crippen LogP contribution in [0, 0.1) is 6.33 Å². The highest BCUT2D eigenvalue weighted by molar-refractivity contribution is 7.19. The van der Waals surface area contributed by atoms with Gasteiger partial charge in [0.05, 0.1) is 34.6 Å². The molecule has 0 amide bonds. The van der Waals surface area contributed by atoms with Crippen LogP contribution in [-0.4, -0.2) is 27.2 Å². The number of ether oxygens (including phenoxy) is 1. The second-order valence-electron chi connectivity index (χ2n) is 26.5. The fourth-order valence-corrected chi connectivity index (χ4v) is 17.7. The molecule has 0 atom stereocenters. The summed E-state index contributed by atoms with van der Waals surface area (Å²) in [6, 6.07) is 82.2. The van der Waals surface area contributed by atoms with Gasteiger partial charge in [-0.05, 0) is 130 Å². The van der Waals surface area contributed by atoms with Crippen LogP contribution >= 0.6 is 0 Å². The smallest absolute Gasteiger partial charge is 0.271 e. The lowest BCUT2D eigenvalue weighted by molar-refractivity contribution is -0.571. The summed E-state index contributed by atoms with van der Waals surface area (Å²) in [4.78, 5) is 10.0. The molecule has 0 spiro atoms. The first-order valence-corrected chi connectivity index (χ1v) is 32.9. The van der Waals surface area contributed by atoms with Crippen molar-refractivity contribution in [2.75, 3.05) is 0 Å². The van der Waals surface area contributed by atoms with Crippen molar-refractivity contribution in [2.45, 2.75) is 78.6 Å². The monoisotopic (exact) mass is 1190 g/mol. The highest BCUT2D eigenvalue weighted by Gasteiger charge is 2.42. The summed E-state index contributed by atoms with van der Waals surface area (Å²) in [5, 5.41) is 7.18. The van der Waals surface area contributed by atoms with Crippen LogP contribution in [0.15, 0.2) is 279 Å². The van der Waals surface area contributed by atoms with Crippen molar-refractivity contribution in [1.29, 1.82) is 0 Å². The van der Waals surface area contributed by atoms with Gasteiger partial charge >= 0.3 is 0 Å². The molecule has 0 radical (unpaired) electrons. The first-order valence-electron chi connectivity index (χ1n) is 33.4. The van der Waals surface area contributed by atoms with Gasteiger partial charge in [0, 0.05) is 35.3 Å². The summed E-state index contributed by atoms with van der Waals surface area (Å²) < 4.78 is 57.8. The third-order valence-electron chi connectivity index (χ3n) is 17.6. The number of nitrogens with zero attached hydrogens (tertiary/aromatic N) is 5. The van der Waals surface area contributed by atoms with Crippen molar-refractivity contribution in [3.05, 3.63) is 302 Å². The van der Waals surface area contributed by atoms with Gasteiger partial charge in [-0.3, -0.25) is 18.7 Å². The number of aromatic nitrogens is 5. The molecule has 440 valence electrons. The van der Waals surface area contributed by atoms with Gasteiger partial charge in [-0.2, -0.15) is 0 Å². The SMILES string of the molecule is [2H]c1c([2H])c([2H])c(-c2ccc3c(c2)n(-c2cc(Oc4ccc5c6ccccc6n(-c6cc(C(C)(C)C)ccn6)c5c4)ccn2)[c-][n+]3-c2c(-c3cccc(C(C)(C)C)c3)cc(C(C)(C)C)cc2-c2cccc([Si](c3ccccc3)(c3ccccc3)c3ccccc3)c2)c([2H])c1[2H]. The molecule has 0 aliphatic rings. The zero-order valence-corrected chi connectivity index (χ0v) is 53.3. The molecule has 4 aromatic heterocycles. The summed E-state index contributed by atoms with van der Waals surface area (Å²) in [5.41, 5.74) is 11.6. The van der Waals surface area contributed by atoms with Gasteiger partial charge in [-0.1, -0.05) is 275 Å². The van der Waals surface area contributed by atoms with Crippen LogP contribution in [0.4, 0.5) is 0 Å². The number of pyridine rings is 2. The van der Waals surface area contributed by atoms with Crippen LogP contribution in [0.2, 0.25) is 0 Å². The molecule has 0 bridgehead atoms. The van der Waals surface area contributed by atoms with E-state index in [4.69, 9.17) is 18.8 Å². The Bertz CT molecular complexity index is 5170. The van der Waals surface area contributed by atoms with Crippen LogP contribution in [0.25, 0.3) is 83.5 Å². The van der Waals surface area contributed by atoms with Gasteiger partial charge in [-0.15, -0.1) is 0 Å². The Hall–Kier alpha value is -10.2. The van der Waals surface area contributed by atoms with Gasteiger partial charge in [0.25, 0.3) is 6.33 Å². The minimum Gasteiger partial charge on any atom is -0.458 e. The van der Waals surface area contributed by atoms with Crippen LogP contribution in [0.5, 0.6) is 11.5 Å². The summed E-state index contributed by atoms with van der Waals surface area (Å²) in [6.45, 7) is 20.2. The number of rotatable bonds is 12. The molecule has 0 saturated heterocycles. The van der Waals surface area contributed by atoms with E-state index in [1.165, 1.54) is 31.9 Å². The molecule has 0 aliphatic carbocycles. The van der Waals surface area contributed by atoms with Crippen molar-refractivity contribution >= 4 is 61.7 Å². The maximum Gasteiger partial charge on any atom is 0.271 e. The van der Waals surface area contributed by atoms with E-state index >= 15 is 0 Å². The molecular weight excluding hydrogens is 1110 g/mol. The summed E-state index contributed by atoms with van der Waals surface area (Å²) >= 11 is 0. The van der Waals surface area contributed by atoms with E-state index < -0.39 is 26.2 Å². The highest BCUT2D eigenvalue weighted by Crippen LogP contribution is 2.42. The van der Waals surface area contributed by atoms with Crippen LogP contribution in [0.1, 0.15) is 85.9 Å². The van der Waals surface area contributed by atoms with Gasteiger partial charge in [0.2, 0.25) is 0 Å². The molecular formula is C83H73N5OSi. The average Bonchev–Trinajstić information content (AvgIpc) is 1.72. The van der Waals surface area contributed by atoms with Crippen LogP contribution < -0.4 is 30.1 Å². The predicted octanol–water partition coefficient (Wildman–Crippen LogP) is 17.7. The van der Waals surface area contributed by atoms with Crippen LogP contribution in [0.3, 0.4) is 0 Å². The van der Waals surface area contributed by atoms with E-state index in [1.807, 2.05) is 47.2 Å². The minimum absolute atomic E-state index is 0.0880. The van der Waals surface area contributed by atoms with Gasteiger partial charge in [0.15, 0.2) is 13.9 Å². The molecule has 6 nitrogen and oxygen atoms in total. The first-order chi connectivity index (χ1) is 45.6. The lowest BCUT2D eigenvalue weighted by Crippen LogP contribution is -2.74. The van der Waals surface area contributed by atoms with Gasteiger partial charge < -0.3 is 4.74 Å². The lowest BCUT2D eigenvalue weighted by atomic mass is 9.81. The molecule has 0 saturated carbocycles. The Labute approximate surface area is 537 Å². The summed E-state index contributed by atoms with van der Waals surface area (Å²) in [6.07, 6.45) is 7.51. The van der Waals surface area contributed by atoms with E-state index in [0.29, 0.717) is 28.4 Å². The molecule has 0 aliphatic heterocycles. The van der Waals surface area contributed by atoms with Gasteiger partial charge in [0.1, 0.15) is 17.3 Å². The number of benzene rings is 10. The predicted molar refractivity (Wildman–Crippen MR) is 376 cm³/mol. The van der Waals surface area contributed by atoms with Crippen molar-refractivity contribution in [3.8, 4) is 62.2 Å². The number of hydrogen-bond acceptors (Lipinski definition) is 3. The normalized spacial score (nSPS) is 13.1. The zero-order valence-electron chi connectivity index (χ0n) is 57.3. The third kappa shape index (κ3) is 10.5. The Morgan fingerprint density at radius 3 is 1.62 bits per heavy atom. The molecule has 0 N–H and O–H groups in total. The third-order valence-corrected chi connectivity index (χ3v) is 22.4.